The standard InChI is InChI=1S/C17H29N3O/c1-3-19-15(13-14-9-8-12-20-16(14)18)17(21-2)10-6-4-5-7-11-17/h8-9,12,15,19H,3-7,10-11,13H2,1-2H3,(H2,18,20). The summed E-state index contributed by atoms with van der Waals surface area (Å²) in [5.74, 6) is 0.639. The maximum atomic E-state index is 6.06. The topological polar surface area (TPSA) is 60.2 Å². The van der Waals surface area contributed by atoms with Crippen molar-refractivity contribution in [1.82, 2.24) is 10.3 Å². The van der Waals surface area contributed by atoms with E-state index in [4.69, 9.17) is 10.5 Å². The Hall–Kier alpha value is -1.13. The molecule has 3 N–H and O–H groups in total. The van der Waals surface area contributed by atoms with Gasteiger partial charge in [0.15, 0.2) is 0 Å². The summed E-state index contributed by atoms with van der Waals surface area (Å²) in [7, 11) is 1.86. The van der Waals surface area contributed by atoms with E-state index in [2.05, 4.69) is 23.3 Å². The highest BCUT2D eigenvalue weighted by Crippen LogP contribution is 2.34. The molecule has 118 valence electrons. The third-order valence-electron chi connectivity index (χ3n) is 4.79. The van der Waals surface area contributed by atoms with Crippen molar-refractivity contribution < 1.29 is 4.74 Å². The number of nitrogen functional groups attached to an aromatic ring is 1. The summed E-state index contributed by atoms with van der Waals surface area (Å²) in [6.45, 7) is 3.09. The molecular formula is C17H29N3O. The van der Waals surface area contributed by atoms with Crippen LogP contribution in [0.2, 0.25) is 0 Å². The Morgan fingerprint density at radius 1 is 1.33 bits per heavy atom. The van der Waals surface area contributed by atoms with Gasteiger partial charge < -0.3 is 15.8 Å². The maximum Gasteiger partial charge on any atom is 0.126 e. The zero-order valence-electron chi connectivity index (χ0n) is 13.4. The van der Waals surface area contributed by atoms with E-state index in [1.54, 1.807) is 6.20 Å². The van der Waals surface area contributed by atoms with Crippen LogP contribution in [-0.2, 0) is 11.2 Å². The second-order valence-corrected chi connectivity index (χ2v) is 6.05. The summed E-state index contributed by atoms with van der Waals surface area (Å²) in [5, 5.41) is 3.64. The lowest BCUT2D eigenvalue weighted by molar-refractivity contribution is -0.0522. The van der Waals surface area contributed by atoms with E-state index in [0.29, 0.717) is 5.82 Å². The minimum absolute atomic E-state index is 0.0746. The Kier molecular flexibility index (Phi) is 6.00. The van der Waals surface area contributed by atoms with Crippen molar-refractivity contribution >= 4 is 5.82 Å². The van der Waals surface area contributed by atoms with E-state index in [9.17, 15) is 0 Å². The van der Waals surface area contributed by atoms with Gasteiger partial charge in [0, 0.05) is 19.3 Å². The summed E-state index contributed by atoms with van der Waals surface area (Å²) in [6.07, 6.45) is 10.0. The van der Waals surface area contributed by atoms with Crippen LogP contribution in [0.1, 0.15) is 51.0 Å². The van der Waals surface area contributed by atoms with Gasteiger partial charge in [0.2, 0.25) is 0 Å². The van der Waals surface area contributed by atoms with Gasteiger partial charge in [-0.1, -0.05) is 38.7 Å². The molecule has 1 heterocycles. The lowest BCUT2D eigenvalue weighted by Crippen LogP contribution is -2.53. The number of nitrogens with one attached hydrogen (secondary N) is 1. The molecule has 4 heteroatoms. The summed E-state index contributed by atoms with van der Waals surface area (Å²) >= 11 is 0. The monoisotopic (exact) mass is 291 g/mol. The molecule has 4 nitrogen and oxygen atoms in total. The van der Waals surface area contributed by atoms with Gasteiger partial charge in [-0.3, -0.25) is 0 Å². The first-order valence-corrected chi connectivity index (χ1v) is 8.20. The van der Waals surface area contributed by atoms with Crippen LogP contribution in [0.4, 0.5) is 5.82 Å². The fourth-order valence-corrected chi connectivity index (χ4v) is 3.56. The molecular weight excluding hydrogens is 262 g/mol. The molecule has 0 aliphatic heterocycles. The average Bonchev–Trinajstić information content (AvgIpc) is 2.75. The van der Waals surface area contributed by atoms with Gasteiger partial charge >= 0.3 is 0 Å². The predicted molar refractivity (Wildman–Crippen MR) is 87.3 cm³/mol. The molecule has 1 aromatic heterocycles. The average molecular weight is 291 g/mol. The van der Waals surface area contributed by atoms with Crippen molar-refractivity contribution in [2.45, 2.75) is 63.5 Å². The van der Waals surface area contributed by atoms with Gasteiger partial charge in [-0.15, -0.1) is 0 Å². The molecule has 0 aromatic carbocycles. The van der Waals surface area contributed by atoms with Crippen LogP contribution in [0.15, 0.2) is 18.3 Å². The first-order valence-electron chi connectivity index (χ1n) is 8.20. The maximum absolute atomic E-state index is 6.06. The normalized spacial score (nSPS) is 19.9. The number of pyridine rings is 1. The van der Waals surface area contributed by atoms with Crippen LogP contribution in [0.3, 0.4) is 0 Å². The number of hydrogen-bond acceptors (Lipinski definition) is 4. The molecule has 0 spiro atoms. The third kappa shape index (κ3) is 3.95. The first-order chi connectivity index (χ1) is 10.2. The van der Waals surface area contributed by atoms with E-state index in [1.165, 1.54) is 25.7 Å². The lowest BCUT2D eigenvalue weighted by Gasteiger charge is -2.40. The van der Waals surface area contributed by atoms with Crippen LogP contribution >= 0.6 is 0 Å². The number of hydrogen-bond donors (Lipinski definition) is 2. The van der Waals surface area contributed by atoms with Gasteiger partial charge in [-0.25, -0.2) is 4.98 Å². The van der Waals surface area contributed by atoms with Crippen LogP contribution in [0.25, 0.3) is 0 Å². The third-order valence-corrected chi connectivity index (χ3v) is 4.79. The van der Waals surface area contributed by atoms with Crippen LogP contribution in [-0.4, -0.2) is 30.3 Å². The number of aromatic nitrogens is 1. The van der Waals surface area contributed by atoms with Crippen molar-refractivity contribution in [2.24, 2.45) is 0 Å². The van der Waals surface area contributed by atoms with Gasteiger partial charge in [-0.05, 0) is 37.4 Å². The summed E-state index contributed by atoms with van der Waals surface area (Å²) in [6, 6.07) is 4.32. The van der Waals surface area contributed by atoms with Crippen molar-refractivity contribution in [2.75, 3.05) is 19.4 Å². The minimum Gasteiger partial charge on any atom is -0.383 e. The van der Waals surface area contributed by atoms with Crippen molar-refractivity contribution in [3.8, 4) is 0 Å². The van der Waals surface area contributed by atoms with Crippen LogP contribution in [0, 0.1) is 0 Å². The number of nitrogens with two attached hydrogens (primary N) is 1. The van der Waals surface area contributed by atoms with Gasteiger partial charge in [0.05, 0.1) is 5.60 Å². The summed E-state index contributed by atoms with van der Waals surface area (Å²) in [5.41, 5.74) is 7.07. The van der Waals surface area contributed by atoms with E-state index in [0.717, 1.165) is 31.4 Å². The van der Waals surface area contributed by atoms with E-state index < -0.39 is 0 Å². The molecule has 0 radical (unpaired) electrons. The summed E-state index contributed by atoms with van der Waals surface area (Å²) < 4.78 is 6.06. The highest BCUT2D eigenvalue weighted by molar-refractivity contribution is 5.39. The minimum atomic E-state index is -0.0746. The Morgan fingerprint density at radius 2 is 2.05 bits per heavy atom. The predicted octanol–water partition coefficient (Wildman–Crippen LogP) is 2.92. The number of rotatable bonds is 6. The number of likely N-dealkylation sites (N-methyl/N-ethyl adjacent to an activating group) is 1. The fraction of sp³-hybridized carbons (Fsp3) is 0.706. The van der Waals surface area contributed by atoms with Gasteiger partial charge in [0.1, 0.15) is 5.82 Å². The number of anilines is 1. The molecule has 0 bridgehead atoms. The zero-order chi connectivity index (χ0) is 15.1. The number of ether oxygens (including phenoxy) is 1. The zero-order valence-corrected chi connectivity index (χ0v) is 13.4. The number of methoxy groups -OCH3 is 1. The molecule has 1 aliphatic carbocycles. The lowest BCUT2D eigenvalue weighted by atomic mass is 9.82. The van der Waals surface area contributed by atoms with E-state index in [-0.39, 0.29) is 11.6 Å². The van der Waals surface area contributed by atoms with Crippen LogP contribution < -0.4 is 11.1 Å². The molecule has 1 saturated carbocycles. The smallest absolute Gasteiger partial charge is 0.126 e. The molecule has 2 rings (SSSR count). The Balaban J connectivity index is 2.21. The van der Waals surface area contributed by atoms with E-state index >= 15 is 0 Å². The van der Waals surface area contributed by atoms with Crippen molar-refractivity contribution in [1.29, 1.82) is 0 Å². The molecule has 1 aliphatic rings. The largest absolute Gasteiger partial charge is 0.383 e. The fourth-order valence-electron chi connectivity index (χ4n) is 3.56. The molecule has 1 atom stereocenters. The second kappa shape index (κ2) is 7.76. The van der Waals surface area contributed by atoms with Crippen molar-refractivity contribution in [3.05, 3.63) is 23.9 Å². The SMILES string of the molecule is CCNC(Cc1cccnc1N)C1(OC)CCCCCC1. The van der Waals surface area contributed by atoms with E-state index in [1.807, 2.05) is 13.2 Å². The van der Waals surface area contributed by atoms with Crippen molar-refractivity contribution in [3.63, 3.8) is 0 Å². The first kappa shape index (κ1) is 16.2. The highest BCUT2D eigenvalue weighted by Gasteiger charge is 2.38. The molecule has 21 heavy (non-hydrogen) atoms. The Labute approximate surface area is 128 Å². The number of nitrogens with zero attached hydrogens (tertiary/aromatic N) is 1. The molecule has 1 unspecified atom stereocenters. The Bertz CT molecular complexity index is 428. The second-order valence-electron chi connectivity index (χ2n) is 6.05. The Morgan fingerprint density at radius 3 is 2.62 bits per heavy atom. The van der Waals surface area contributed by atoms with Crippen LogP contribution in [0.5, 0.6) is 0 Å². The highest BCUT2D eigenvalue weighted by atomic mass is 16.5. The molecule has 0 amide bonds. The van der Waals surface area contributed by atoms with Gasteiger partial charge in [-0.2, -0.15) is 0 Å². The quantitative estimate of drug-likeness (QED) is 0.791. The summed E-state index contributed by atoms with van der Waals surface area (Å²) in [4.78, 5) is 4.21. The molecule has 1 fully saturated rings. The molecule has 0 saturated heterocycles. The molecule has 1 aromatic rings. The van der Waals surface area contributed by atoms with Gasteiger partial charge in [0.25, 0.3) is 0 Å².